The third-order valence-corrected chi connectivity index (χ3v) is 5.29. The summed E-state index contributed by atoms with van der Waals surface area (Å²) in [7, 11) is 0. The summed E-state index contributed by atoms with van der Waals surface area (Å²) in [6, 6.07) is 2.03. The van der Waals surface area contributed by atoms with Crippen LogP contribution in [0, 0.1) is 19.3 Å². The molecule has 0 saturated carbocycles. The van der Waals surface area contributed by atoms with Gasteiger partial charge < -0.3 is 10.6 Å². The van der Waals surface area contributed by atoms with Crippen LogP contribution >= 0.6 is 12.4 Å². The third-order valence-electron chi connectivity index (χ3n) is 5.29. The highest BCUT2D eigenvalue weighted by Gasteiger charge is 2.36. The fourth-order valence-corrected chi connectivity index (χ4v) is 3.61. The van der Waals surface area contributed by atoms with E-state index < -0.39 is 0 Å². The zero-order valence-corrected chi connectivity index (χ0v) is 18.4. The molecule has 7 nitrogen and oxygen atoms in total. The van der Waals surface area contributed by atoms with Crippen molar-refractivity contribution in [2.24, 2.45) is 11.1 Å². The number of hydrogen-bond donors (Lipinski definition) is 1. The second-order valence-electron chi connectivity index (χ2n) is 8.59. The van der Waals surface area contributed by atoms with Crippen molar-refractivity contribution in [3.63, 3.8) is 0 Å². The van der Waals surface area contributed by atoms with Gasteiger partial charge in [-0.15, -0.1) is 12.4 Å². The van der Waals surface area contributed by atoms with Crippen LogP contribution < -0.4 is 5.73 Å². The lowest BCUT2D eigenvalue weighted by molar-refractivity contribution is 0.0531. The molecule has 3 rings (SSSR count). The Balaban J connectivity index is 0.00000280. The number of halogens is 1. The van der Waals surface area contributed by atoms with Crippen LogP contribution in [0.1, 0.15) is 67.5 Å². The molecule has 0 bridgehead atoms. The Kier molecular flexibility index (Phi) is 6.51. The number of rotatable bonds is 3. The zero-order valence-electron chi connectivity index (χ0n) is 17.6. The predicted octanol–water partition coefficient (Wildman–Crippen LogP) is 3.02. The van der Waals surface area contributed by atoms with Crippen LogP contribution in [0.3, 0.4) is 0 Å². The lowest BCUT2D eigenvalue weighted by Crippen LogP contribution is -2.54. The molecule has 1 amide bonds. The van der Waals surface area contributed by atoms with Crippen molar-refractivity contribution < 1.29 is 4.79 Å². The number of carbonyl (C=O) groups excluding carboxylic acids is 1. The van der Waals surface area contributed by atoms with Gasteiger partial charge in [-0.25, -0.2) is 14.6 Å². The van der Waals surface area contributed by atoms with Crippen molar-refractivity contribution in [2.75, 3.05) is 13.1 Å². The van der Waals surface area contributed by atoms with Gasteiger partial charge in [-0.2, -0.15) is 5.10 Å². The minimum absolute atomic E-state index is 0. The van der Waals surface area contributed by atoms with Crippen LogP contribution in [-0.2, 0) is 0 Å². The highest BCUT2D eigenvalue weighted by molar-refractivity contribution is 5.95. The Morgan fingerprint density at radius 2 is 1.86 bits per heavy atom. The van der Waals surface area contributed by atoms with Gasteiger partial charge in [0.2, 0.25) is 0 Å². The van der Waals surface area contributed by atoms with Gasteiger partial charge >= 0.3 is 0 Å². The largest absolute Gasteiger partial charge is 0.338 e. The van der Waals surface area contributed by atoms with Gasteiger partial charge in [-0.3, -0.25) is 4.79 Å². The maximum atomic E-state index is 13.3. The molecule has 3 heterocycles. The number of likely N-dealkylation sites (tertiary alicyclic amines) is 1. The average molecular weight is 407 g/mol. The fraction of sp³-hybridized carbons (Fsp3) is 0.600. The second-order valence-corrected chi connectivity index (χ2v) is 8.59. The lowest BCUT2D eigenvalue weighted by atomic mass is 9.79. The number of aryl methyl sites for hydroxylation is 2. The van der Waals surface area contributed by atoms with Gasteiger partial charge in [-0.1, -0.05) is 27.7 Å². The van der Waals surface area contributed by atoms with Gasteiger partial charge in [0.15, 0.2) is 0 Å². The monoisotopic (exact) mass is 406 g/mol. The third kappa shape index (κ3) is 4.36. The number of piperidine rings is 1. The van der Waals surface area contributed by atoms with Gasteiger partial charge in [0.25, 0.3) is 11.9 Å². The first-order chi connectivity index (χ1) is 12.6. The highest BCUT2D eigenvalue weighted by Crippen LogP contribution is 2.30. The molecule has 8 heteroatoms. The number of carbonyl (C=O) groups is 1. The minimum Gasteiger partial charge on any atom is -0.338 e. The van der Waals surface area contributed by atoms with Crippen LogP contribution in [0.15, 0.2) is 12.3 Å². The van der Waals surface area contributed by atoms with Crippen LogP contribution in [0.25, 0.3) is 5.95 Å². The quantitative estimate of drug-likeness (QED) is 0.846. The zero-order chi connectivity index (χ0) is 19.9. The second kappa shape index (κ2) is 8.17. The predicted molar refractivity (Wildman–Crippen MR) is 112 cm³/mol. The normalized spacial score (nSPS) is 18.9. The van der Waals surface area contributed by atoms with Crippen LogP contribution in [-0.4, -0.2) is 49.7 Å². The van der Waals surface area contributed by atoms with E-state index in [1.54, 1.807) is 10.9 Å². The average Bonchev–Trinajstić information content (AvgIpc) is 3.01. The summed E-state index contributed by atoms with van der Waals surface area (Å²) in [5.74, 6) is 0.625. The van der Waals surface area contributed by atoms with E-state index in [9.17, 15) is 4.79 Å². The minimum atomic E-state index is -0.0985. The highest BCUT2D eigenvalue weighted by atomic mass is 35.5. The van der Waals surface area contributed by atoms with E-state index in [-0.39, 0.29) is 35.7 Å². The molecule has 1 aliphatic heterocycles. The van der Waals surface area contributed by atoms with E-state index in [2.05, 4.69) is 28.9 Å². The molecule has 1 saturated heterocycles. The molecule has 2 aromatic heterocycles. The summed E-state index contributed by atoms with van der Waals surface area (Å²) < 4.78 is 1.63. The smallest absolute Gasteiger partial charge is 0.257 e. The van der Waals surface area contributed by atoms with Gasteiger partial charge in [0.05, 0.1) is 11.3 Å². The number of hydrogen-bond acceptors (Lipinski definition) is 5. The molecule has 2 aromatic rings. The molecule has 1 aliphatic rings. The van der Waals surface area contributed by atoms with Crippen LogP contribution in [0.2, 0.25) is 0 Å². The van der Waals surface area contributed by atoms with Crippen LogP contribution in [0.4, 0.5) is 0 Å². The SMILES string of the molecule is Cc1cc(C)nc(-n2cc(C(=O)N3CCC(N)C(C)(C)C3)c(C(C)C)n2)n1.Cl. The standard InChI is InChI=1S/C20H30N6O.ClH/c1-12(2)17-15(18(27)25-8-7-16(21)20(5,6)11-25)10-26(24-17)19-22-13(3)9-14(4)23-19;/h9-10,12,16H,7-8,11,21H2,1-6H3;1H. The molecule has 0 aromatic carbocycles. The number of aromatic nitrogens is 4. The van der Waals surface area contributed by atoms with E-state index in [1.165, 1.54) is 0 Å². The van der Waals surface area contributed by atoms with E-state index in [0.717, 1.165) is 23.5 Å². The molecular weight excluding hydrogens is 376 g/mol. The maximum Gasteiger partial charge on any atom is 0.257 e. The Morgan fingerprint density at radius 1 is 1.25 bits per heavy atom. The van der Waals surface area contributed by atoms with Crippen molar-refractivity contribution in [3.8, 4) is 5.95 Å². The van der Waals surface area contributed by atoms with Crippen molar-refractivity contribution in [2.45, 2.75) is 59.9 Å². The summed E-state index contributed by atoms with van der Waals surface area (Å²) in [6.07, 6.45) is 2.58. The molecular formula is C20H31ClN6O. The number of nitrogens with zero attached hydrogens (tertiary/aromatic N) is 5. The molecule has 0 spiro atoms. The Morgan fingerprint density at radius 3 is 2.39 bits per heavy atom. The molecule has 1 fully saturated rings. The first-order valence-corrected chi connectivity index (χ1v) is 9.55. The molecule has 0 aliphatic carbocycles. The Labute approximate surface area is 173 Å². The van der Waals surface area contributed by atoms with Crippen molar-refractivity contribution in [1.82, 2.24) is 24.6 Å². The lowest BCUT2D eigenvalue weighted by Gasteiger charge is -2.42. The Bertz CT molecular complexity index is 840. The summed E-state index contributed by atoms with van der Waals surface area (Å²) in [4.78, 5) is 24.1. The first-order valence-electron chi connectivity index (χ1n) is 9.55. The van der Waals surface area contributed by atoms with E-state index in [0.29, 0.717) is 24.6 Å². The number of amides is 1. The van der Waals surface area contributed by atoms with Crippen molar-refractivity contribution in [1.29, 1.82) is 0 Å². The molecule has 1 atom stereocenters. The summed E-state index contributed by atoms with van der Waals surface area (Å²) in [6.45, 7) is 13.5. The maximum absolute atomic E-state index is 13.3. The molecule has 1 unspecified atom stereocenters. The Hall–Kier alpha value is -1.99. The number of nitrogens with two attached hydrogens (primary N) is 1. The van der Waals surface area contributed by atoms with Gasteiger partial charge in [0.1, 0.15) is 0 Å². The van der Waals surface area contributed by atoms with Crippen LogP contribution in [0.5, 0.6) is 0 Å². The van der Waals surface area contributed by atoms with Gasteiger partial charge in [0, 0.05) is 36.7 Å². The molecule has 2 N–H and O–H groups in total. The van der Waals surface area contributed by atoms with E-state index in [1.807, 2.05) is 38.7 Å². The first kappa shape index (κ1) is 22.3. The summed E-state index contributed by atoms with van der Waals surface area (Å²) in [5, 5.41) is 4.65. The summed E-state index contributed by atoms with van der Waals surface area (Å²) >= 11 is 0. The van der Waals surface area contributed by atoms with Gasteiger partial charge in [-0.05, 0) is 37.7 Å². The summed E-state index contributed by atoms with van der Waals surface area (Å²) in [5.41, 5.74) is 9.28. The van der Waals surface area contributed by atoms with Crippen molar-refractivity contribution >= 4 is 18.3 Å². The molecule has 0 radical (unpaired) electrons. The topological polar surface area (TPSA) is 89.9 Å². The molecule has 28 heavy (non-hydrogen) atoms. The molecule has 154 valence electrons. The fourth-order valence-electron chi connectivity index (χ4n) is 3.61. The van der Waals surface area contributed by atoms with E-state index in [4.69, 9.17) is 5.73 Å². The van der Waals surface area contributed by atoms with E-state index >= 15 is 0 Å². The van der Waals surface area contributed by atoms with Crippen molar-refractivity contribution in [3.05, 3.63) is 34.9 Å².